The van der Waals surface area contributed by atoms with E-state index >= 15 is 0 Å². The SMILES string of the molecule is CCC1(C)CC2(CCOCC2)C1O. The highest BCUT2D eigenvalue weighted by molar-refractivity contribution is 5.08. The van der Waals surface area contributed by atoms with Gasteiger partial charge in [-0.15, -0.1) is 0 Å². The predicted octanol–water partition coefficient (Wildman–Crippen LogP) is 1.96. The quantitative estimate of drug-likeness (QED) is 0.675. The summed E-state index contributed by atoms with van der Waals surface area (Å²) >= 11 is 0. The maximum absolute atomic E-state index is 10.2. The monoisotopic (exact) mass is 184 g/mol. The molecule has 1 saturated carbocycles. The van der Waals surface area contributed by atoms with Crippen LogP contribution in [0.3, 0.4) is 0 Å². The summed E-state index contributed by atoms with van der Waals surface area (Å²) in [6.07, 6.45) is 4.32. The third-order valence-electron chi connectivity index (χ3n) is 4.29. The Kier molecular flexibility index (Phi) is 2.16. The first-order valence-electron chi connectivity index (χ1n) is 5.39. The largest absolute Gasteiger partial charge is 0.392 e. The first-order valence-corrected chi connectivity index (χ1v) is 5.39. The zero-order valence-corrected chi connectivity index (χ0v) is 8.68. The molecule has 2 unspecified atom stereocenters. The topological polar surface area (TPSA) is 29.5 Å². The lowest BCUT2D eigenvalue weighted by molar-refractivity contribution is -0.212. The van der Waals surface area contributed by atoms with Crippen molar-refractivity contribution in [1.29, 1.82) is 0 Å². The van der Waals surface area contributed by atoms with Crippen LogP contribution in [0.15, 0.2) is 0 Å². The van der Waals surface area contributed by atoms with Gasteiger partial charge in [-0.3, -0.25) is 0 Å². The van der Waals surface area contributed by atoms with E-state index < -0.39 is 0 Å². The van der Waals surface area contributed by atoms with Gasteiger partial charge in [0.15, 0.2) is 0 Å². The molecule has 1 spiro atoms. The predicted molar refractivity (Wildman–Crippen MR) is 51.5 cm³/mol. The fourth-order valence-electron chi connectivity index (χ4n) is 3.15. The van der Waals surface area contributed by atoms with Gasteiger partial charge in [0.25, 0.3) is 0 Å². The van der Waals surface area contributed by atoms with Crippen LogP contribution in [0.1, 0.15) is 39.5 Å². The van der Waals surface area contributed by atoms with Gasteiger partial charge in [-0.2, -0.15) is 0 Å². The van der Waals surface area contributed by atoms with Gasteiger partial charge in [0.1, 0.15) is 0 Å². The summed E-state index contributed by atoms with van der Waals surface area (Å²) in [6, 6.07) is 0. The Morgan fingerprint density at radius 3 is 2.46 bits per heavy atom. The van der Waals surface area contributed by atoms with Crippen LogP contribution < -0.4 is 0 Å². The molecule has 2 heteroatoms. The summed E-state index contributed by atoms with van der Waals surface area (Å²) in [5, 5.41) is 10.2. The molecule has 2 fully saturated rings. The van der Waals surface area contributed by atoms with Crippen LogP contribution in [0.4, 0.5) is 0 Å². The molecule has 1 saturated heterocycles. The second-order valence-corrected chi connectivity index (χ2v) is 5.06. The van der Waals surface area contributed by atoms with Crippen molar-refractivity contribution in [2.24, 2.45) is 10.8 Å². The van der Waals surface area contributed by atoms with Gasteiger partial charge in [-0.05, 0) is 31.1 Å². The van der Waals surface area contributed by atoms with Gasteiger partial charge in [-0.25, -0.2) is 0 Å². The van der Waals surface area contributed by atoms with Crippen molar-refractivity contribution >= 4 is 0 Å². The van der Waals surface area contributed by atoms with Gasteiger partial charge in [0.05, 0.1) is 6.10 Å². The van der Waals surface area contributed by atoms with Gasteiger partial charge < -0.3 is 9.84 Å². The van der Waals surface area contributed by atoms with E-state index in [1.165, 1.54) is 6.42 Å². The van der Waals surface area contributed by atoms with Crippen LogP contribution >= 0.6 is 0 Å². The summed E-state index contributed by atoms with van der Waals surface area (Å²) < 4.78 is 5.34. The molecule has 0 amide bonds. The van der Waals surface area contributed by atoms with Crippen LogP contribution in [-0.2, 0) is 4.74 Å². The molecular weight excluding hydrogens is 164 g/mol. The summed E-state index contributed by atoms with van der Waals surface area (Å²) in [6.45, 7) is 6.07. The van der Waals surface area contributed by atoms with Gasteiger partial charge >= 0.3 is 0 Å². The first-order chi connectivity index (χ1) is 6.13. The molecule has 0 radical (unpaired) electrons. The molecular formula is C11H20O2. The van der Waals surface area contributed by atoms with Crippen LogP contribution in [0, 0.1) is 10.8 Å². The van der Waals surface area contributed by atoms with E-state index in [2.05, 4.69) is 13.8 Å². The Morgan fingerprint density at radius 2 is 2.00 bits per heavy atom. The molecule has 13 heavy (non-hydrogen) atoms. The first kappa shape index (κ1) is 9.47. The van der Waals surface area contributed by atoms with Crippen molar-refractivity contribution in [3.8, 4) is 0 Å². The maximum Gasteiger partial charge on any atom is 0.0651 e. The molecule has 0 aromatic heterocycles. The van der Waals surface area contributed by atoms with E-state index in [9.17, 15) is 5.11 Å². The smallest absolute Gasteiger partial charge is 0.0651 e. The molecule has 0 aromatic rings. The summed E-state index contributed by atoms with van der Waals surface area (Å²) in [5.74, 6) is 0. The van der Waals surface area contributed by atoms with Crippen molar-refractivity contribution in [1.82, 2.24) is 0 Å². The Morgan fingerprint density at radius 1 is 1.38 bits per heavy atom. The van der Waals surface area contributed by atoms with Crippen molar-refractivity contribution in [3.63, 3.8) is 0 Å². The summed E-state index contributed by atoms with van der Waals surface area (Å²) in [4.78, 5) is 0. The Hall–Kier alpha value is -0.0800. The molecule has 0 aromatic carbocycles. The molecule has 1 heterocycles. The highest BCUT2D eigenvalue weighted by Crippen LogP contribution is 2.60. The van der Waals surface area contributed by atoms with E-state index in [-0.39, 0.29) is 16.9 Å². The van der Waals surface area contributed by atoms with E-state index in [1.807, 2.05) is 0 Å². The number of hydrogen-bond acceptors (Lipinski definition) is 2. The molecule has 1 aliphatic heterocycles. The minimum atomic E-state index is -0.0890. The highest BCUT2D eigenvalue weighted by atomic mass is 16.5. The van der Waals surface area contributed by atoms with Crippen LogP contribution in [0.2, 0.25) is 0 Å². The van der Waals surface area contributed by atoms with Crippen LogP contribution in [-0.4, -0.2) is 24.4 Å². The molecule has 1 N–H and O–H groups in total. The minimum absolute atomic E-state index is 0.0890. The van der Waals surface area contributed by atoms with Gasteiger partial charge in [-0.1, -0.05) is 13.8 Å². The van der Waals surface area contributed by atoms with Crippen molar-refractivity contribution < 1.29 is 9.84 Å². The Labute approximate surface area is 80.3 Å². The number of rotatable bonds is 1. The fraction of sp³-hybridized carbons (Fsp3) is 1.00. The van der Waals surface area contributed by atoms with E-state index in [1.54, 1.807) is 0 Å². The van der Waals surface area contributed by atoms with Crippen molar-refractivity contribution in [2.45, 2.75) is 45.6 Å². The molecule has 2 nitrogen and oxygen atoms in total. The lowest BCUT2D eigenvalue weighted by Crippen LogP contribution is -2.60. The number of aliphatic hydroxyl groups is 1. The highest BCUT2D eigenvalue weighted by Gasteiger charge is 2.59. The van der Waals surface area contributed by atoms with E-state index in [0.29, 0.717) is 0 Å². The van der Waals surface area contributed by atoms with Crippen LogP contribution in [0.25, 0.3) is 0 Å². The van der Waals surface area contributed by atoms with E-state index in [4.69, 9.17) is 4.74 Å². The summed E-state index contributed by atoms with van der Waals surface area (Å²) in [5.41, 5.74) is 0.417. The minimum Gasteiger partial charge on any atom is -0.392 e. The lowest BCUT2D eigenvalue weighted by atomic mass is 9.48. The lowest BCUT2D eigenvalue weighted by Gasteiger charge is -2.61. The molecule has 2 atom stereocenters. The van der Waals surface area contributed by atoms with Gasteiger partial charge in [0, 0.05) is 18.6 Å². The molecule has 76 valence electrons. The van der Waals surface area contributed by atoms with E-state index in [0.717, 1.165) is 32.5 Å². The standard InChI is InChI=1S/C11H20O2/c1-3-10(2)8-11(9(10)12)4-6-13-7-5-11/h9,12H,3-8H2,1-2H3. The van der Waals surface area contributed by atoms with Gasteiger partial charge in [0.2, 0.25) is 0 Å². The fourth-order valence-corrected chi connectivity index (χ4v) is 3.15. The normalized spacial score (nSPS) is 43.2. The van der Waals surface area contributed by atoms with Crippen molar-refractivity contribution in [3.05, 3.63) is 0 Å². The summed E-state index contributed by atoms with van der Waals surface area (Å²) in [7, 11) is 0. The molecule has 0 bridgehead atoms. The van der Waals surface area contributed by atoms with Crippen molar-refractivity contribution in [2.75, 3.05) is 13.2 Å². The Balaban J connectivity index is 2.04. The number of ether oxygens (including phenoxy) is 1. The second-order valence-electron chi connectivity index (χ2n) is 5.06. The third kappa shape index (κ3) is 1.23. The molecule has 2 rings (SSSR count). The average molecular weight is 184 g/mol. The number of aliphatic hydroxyl groups excluding tert-OH is 1. The van der Waals surface area contributed by atoms with Crippen LogP contribution in [0.5, 0.6) is 0 Å². The molecule has 2 aliphatic rings. The Bertz CT molecular complexity index is 196. The number of hydrogen-bond donors (Lipinski definition) is 1. The average Bonchev–Trinajstić information content (AvgIpc) is 2.18. The zero-order chi connectivity index (χ0) is 9.53. The second kappa shape index (κ2) is 2.96. The zero-order valence-electron chi connectivity index (χ0n) is 8.68. The third-order valence-corrected chi connectivity index (χ3v) is 4.29. The maximum atomic E-state index is 10.2. The molecule has 1 aliphatic carbocycles.